The molecule has 1 amide bonds. The quantitative estimate of drug-likeness (QED) is 0.855. The topological polar surface area (TPSA) is 70.5 Å². The molecule has 102 valence electrons. The number of amides is 1. The fourth-order valence-corrected chi connectivity index (χ4v) is 2.77. The maximum absolute atomic E-state index is 12.0. The first-order valence-electron chi connectivity index (χ1n) is 6.09. The summed E-state index contributed by atoms with van der Waals surface area (Å²) in [5.74, 6) is -1.45. The summed E-state index contributed by atoms with van der Waals surface area (Å²) < 4.78 is 0. The van der Waals surface area contributed by atoms with Gasteiger partial charge in [-0.25, -0.2) is 4.98 Å². The predicted molar refractivity (Wildman–Crippen MR) is 72.8 cm³/mol. The molecule has 1 fully saturated rings. The number of nitrogens with zero attached hydrogens (tertiary/aromatic N) is 2. The van der Waals surface area contributed by atoms with Crippen LogP contribution in [-0.4, -0.2) is 40.0 Å². The Morgan fingerprint density at radius 3 is 2.79 bits per heavy atom. The number of aromatic nitrogens is 1. The lowest BCUT2D eigenvalue weighted by atomic mass is 9.99. The van der Waals surface area contributed by atoms with Gasteiger partial charge in [-0.3, -0.25) is 9.59 Å². The van der Waals surface area contributed by atoms with Crippen LogP contribution in [0.1, 0.15) is 17.6 Å². The number of hydrogen-bond donors (Lipinski definition) is 1. The summed E-state index contributed by atoms with van der Waals surface area (Å²) in [6.45, 7) is 4.55. The molecule has 0 radical (unpaired) electrons. The van der Waals surface area contributed by atoms with Crippen molar-refractivity contribution in [2.45, 2.75) is 13.8 Å². The van der Waals surface area contributed by atoms with Crippen molar-refractivity contribution in [2.24, 2.45) is 11.8 Å². The molecule has 1 aliphatic heterocycles. The maximum atomic E-state index is 12.0. The van der Waals surface area contributed by atoms with Gasteiger partial charge in [0, 0.05) is 24.5 Å². The summed E-state index contributed by atoms with van der Waals surface area (Å²) in [7, 11) is 0. The van der Waals surface area contributed by atoms with Crippen LogP contribution in [0.5, 0.6) is 0 Å². The van der Waals surface area contributed by atoms with Gasteiger partial charge in [0.2, 0.25) is 5.91 Å². The molecule has 0 saturated carbocycles. The summed E-state index contributed by atoms with van der Waals surface area (Å²) in [5, 5.41) is 11.9. The van der Waals surface area contributed by atoms with E-state index in [1.165, 1.54) is 17.4 Å². The number of hydrogen-bond acceptors (Lipinski definition) is 4. The first kappa shape index (κ1) is 13.7. The standard InChI is InChI=1S/C13H16N2O3S/c1-8-5-15(6-11(8)13(17)18)12(16)4-3-10-7-19-9(2)14-10/h3-4,7-8,11H,5-6H2,1-2H3,(H,17,18)/b4-3+. The minimum absolute atomic E-state index is 0.00336. The van der Waals surface area contributed by atoms with Crippen molar-refractivity contribution in [3.8, 4) is 0 Å². The molecule has 2 heterocycles. The zero-order valence-corrected chi connectivity index (χ0v) is 11.7. The molecule has 0 aliphatic carbocycles. The summed E-state index contributed by atoms with van der Waals surface area (Å²) in [4.78, 5) is 28.8. The summed E-state index contributed by atoms with van der Waals surface area (Å²) >= 11 is 1.53. The number of aryl methyl sites for hydroxylation is 1. The molecular formula is C13H16N2O3S. The van der Waals surface area contributed by atoms with E-state index in [-0.39, 0.29) is 18.4 Å². The molecule has 2 atom stereocenters. The number of carbonyl (C=O) groups excluding carboxylic acids is 1. The van der Waals surface area contributed by atoms with Gasteiger partial charge in [0.25, 0.3) is 0 Å². The molecule has 1 aromatic rings. The van der Waals surface area contributed by atoms with Crippen molar-refractivity contribution in [1.29, 1.82) is 0 Å². The first-order chi connectivity index (χ1) is 8.97. The van der Waals surface area contributed by atoms with Crippen LogP contribution in [-0.2, 0) is 9.59 Å². The van der Waals surface area contributed by atoms with E-state index in [1.807, 2.05) is 19.2 Å². The van der Waals surface area contributed by atoms with Crippen LogP contribution in [0.3, 0.4) is 0 Å². The Labute approximate surface area is 115 Å². The lowest BCUT2D eigenvalue weighted by Gasteiger charge is -2.12. The second-order valence-electron chi connectivity index (χ2n) is 4.79. The fraction of sp³-hybridized carbons (Fsp3) is 0.462. The second-order valence-corrected chi connectivity index (χ2v) is 5.85. The van der Waals surface area contributed by atoms with E-state index in [0.29, 0.717) is 6.54 Å². The Balaban J connectivity index is 1.98. The van der Waals surface area contributed by atoms with E-state index in [2.05, 4.69) is 4.98 Å². The number of carboxylic acids is 1. The monoisotopic (exact) mass is 280 g/mol. The number of aliphatic carboxylic acids is 1. The van der Waals surface area contributed by atoms with Gasteiger partial charge in [-0.1, -0.05) is 6.92 Å². The van der Waals surface area contributed by atoms with Crippen molar-refractivity contribution in [3.05, 3.63) is 22.2 Å². The number of thiazole rings is 1. The van der Waals surface area contributed by atoms with Crippen LogP contribution in [0.25, 0.3) is 6.08 Å². The van der Waals surface area contributed by atoms with E-state index < -0.39 is 11.9 Å². The minimum Gasteiger partial charge on any atom is -0.481 e. The van der Waals surface area contributed by atoms with Crippen LogP contribution in [0.2, 0.25) is 0 Å². The smallest absolute Gasteiger partial charge is 0.308 e. The Morgan fingerprint density at radius 2 is 2.26 bits per heavy atom. The second kappa shape index (κ2) is 5.52. The van der Waals surface area contributed by atoms with Crippen molar-refractivity contribution in [2.75, 3.05) is 13.1 Å². The fourth-order valence-electron chi connectivity index (χ4n) is 2.19. The van der Waals surface area contributed by atoms with Crippen molar-refractivity contribution in [1.82, 2.24) is 9.88 Å². The number of carboxylic acid groups (broad SMARTS) is 1. The molecule has 5 nitrogen and oxygen atoms in total. The first-order valence-corrected chi connectivity index (χ1v) is 6.97. The van der Waals surface area contributed by atoms with E-state index in [1.54, 1.807) is 11.0 Å². The van der Waals surface area contributed by atoms with Gasteiger partial charge in [-0.15, -0.1) is 11.3 Å². The molecule has 0 spiro atoms. The average Bonchev–Trinajstić information content (AvgIpc) is 2.92. The highest BCUT2D eigenvalue weighted by Gasteiger charge is 2.36. The maximum Gasteiger partial charge on any atom is 0.308 e. The Bertz CT molecular complexity index is 524. The number of likely N-dealkylation sites (tertiary alicyclic amines) is 1. The molecule has 2 rings (SSSR count). The molecule has 1 aliphatic rings. The predicted octanol–water partition coefficient (Wildman–Crippen LogP) is 1.64. The Kier molecular flexibility index (Phi) is 3.99. The highest BCUT2D eigenvalue weighted by Crippen LogP contribution is 2.23. The van der Waals surface area contributed by atoms with E-state index in [0.717, 1.165) is 10.7 Å². The Morgan fingerprint density at radius 1 is 1.53 bits per heavy atom. The number of rotatable bonds is 3. The van der Waals surface area contributed by atoms with Crippen LogP contribution >= 0.6 is 11.3 Å². The van der Waals surface area contributed by atoms with Gasteiger partial charge in [0.05, 0.1) is 16.6 Å². The Hall–Kier alpha value is -1.69. The highest BCUT2D eigenvalue weighted by atomic mass is 32.1. The van der Waals surface area contributed by atoms with Crippen LogP contribution in [0, 0.1) is 18.8 Å². The van der Waals surface area contributed by atoms with Crippen molar-refractivity contribution in [3.63, 3.8) is 0 Å². The third-order valence-electron chi connectivity index (χ3n) is 3.27. The van der Waals surface area contributed by atoms with Gasteiger partial charge in [-0.05, 0) is 18.9 Å². The zero-order valence-electron chi connectivity index (χ0n) is 10.9. The minimum atomic E-state index is -0.832. The van der Waals surface area contributed by atoms with Gasteiger partial charge in [0.1, 0.15) is 0 Å². The third kappa shape index (κ3) is 3.20. The van der Waals surface area contributed by atoms with Gasteiger partial charge in [-0.2, -0.15) is 0 Å². The van der Waals surface area contributed by atoms with E-state index >= 15 is 0 Å². The molecule has 2 unspecified atom stereocenters. The summed E-state index contributed by atoms with van der Waals surface area (Å²) in [5.41, 5.74) is 0.762. The molecule has 0 bridgehead atoms. The lowest BCUT2D eigenvalue weighted by molar-refractivity contribution is -0.142. The molecule has 1 N–H and O–H groups in total. The zero-order chi connectivity index (χ0) is 14.0. The summed E-state index contributed by atoms with van der Waals surface area (Å²) in [6, 6.07) is 0. The van der Waals surface area contributed by atoms with Crippen molar-refractivity contribution >= 4 is 29.3 Å². The molecule has 1 saturated heterocycles. The van der Waals surface area contributed by atoms with Crippen molar-refractivity contribution < 1.29 is 14.7 Å². The van der Waals surface area contributed by atoms with Crippen LogP contribution < -0.4 is 0 Å². The number of carbonyl (C=O) groups is 2. The van der Waals surface area contributed by atoms with Gasteiger partial charge >= 0.3 is 5.97 Å². The van der Waals surface area contributed by atoms with E-state index in [9.17, 15) is 9.59 Å². The summed E-state index contributed by atoms with van der Waals surface area (Å²) in [6.07, 6.45) is 3.13. The normalized spacial score (nSPS) is 23.2. The highest BCUT2D eigenvalue weighted by molar-refractivity contribution is 7.09. The van der Waals surface area contributed by atoms with Crippen LogP contribution in [0.4, 0.5) is 0 Å². The average molecular weight is 280 g/mol. The van der Waals surface area contributed by atoms with Gasteiger partial charge in [0.15, 0.2) is 0 Å². The van der Waals surface area contributed by atoms with E-state index in [4.69, 9.17) is 5.11 Å². The molecule has 1 aromatic heterocycles. The van der Waals surface area contributed by atoms with Crippen LogP contribution in [0.15, 0.2) is 11.5 Å². The molecule has 6 heteroatoms. The molecule has 19 heavy (non-hydrogen) atoms. The lowest BCUT2D eigenvalue weighted by Crippen LogP contribution is -2.28. The SMILES string of the molecule is Cc1nc(/C=C/C(=O)N2CC(C)C(C(=O)O)C2)cs1. The largest absolute Gasteiger partial charge is 0.481 e. The molecular weight excluding hydrogens is 264 g/mol. The van der Waals surface area contributed by atoms with Gasteiger partial charge < -0.3 is 10.0 Å². The third-order valence-corrected chi connectivity index (χ3v) is 4.07. The molecule has 0 aromatic carbocycles.